The zero-order valence-electron chi connectivity index (χ0n) is 15.6. The lowest BCUT2D eigenvalue weighted by molar-refractivity contribution is 0.102. The number of nitrogens with zero attached hydrogens (tertiary/aromatic N) is 2. The number of aromatic nitrogens is 2. The van der Waals surface area contributed by atoms with E-state index in [0.29, 0.717) is 18.2 Å². The van der Waals surface area contributed by atoms with Crippen molar-refractivity contribution in [2.45, 2.75) is 20.8 Å². The molecule has 0 aliphatic rings. The molecule has 0 aliphatic heterocycles. The Hall–Kier alpha value is -3.41. The summed E-state index contributed by atoms with van der Waals surface area (Å²) < 4.78 is 5.40. The summed E-state index contributed by atoms with van der Waals surface area (Å²) >= 11 is 0. The molecule has 0 fully saturated rings. The van der Waals surface area contributed by atoms with Crippen molar-refractivity contribution in [1.29, 1.82) is 0 Å². The second-order valence-electron chi connectivity index (χ2n) is 6.12. The van der Waals surface area contributed by atoms with Crippen molar-refractivity contribution in [3.8, 4) is 5.75 Å². The van der Waals surface area contributed by atoms with Gasteiger partial charge in [0.05, 0.1) is 6.61 Å². The van der Waals surface area contributed by atoms with E-state index in [1.807, 2.05) is 51.1 Å². The fraction of sp³-hybridized carbons (Fsp3) is 0.190. The summed E-state index contributed by atoms with van der Waals surface area (Å²) in [6.45, 7) is 6.55. The van der Waals surface area contributed by atoms with Crippen molar-refractivity contribution in [1.82, 2.24) is 9.97 Å². The average molecular weight is 362 g/mol. The lowest BCUT2D eigenvalue weighted by Gasteiger charge is -2.10. The van der Waals surface area contributed by atoms with Crippen molar-refractivity contribution in [3.05, 3.63) is 71.5 Å². The lowest BCUT2D eigenvalue weighted by atomic mass is 10.1. The van der Waals surface area contributed by atoms with E-state index in [2.05, 4.69) is 20.6 Å². The molecular weight excluding hydrogens is 340 g/mol. The van der Waals surface area contributed by atoms with Gasteiger partial charge in [-0.1, -0.05) is 12.1 Å². The Bertz CT molecular complexity index is 939. The molecule has 138 valence electrons. The van der Waals surface area contributed by atoms with Crippen LogP contribution >= 0.6 is 0 Å². The molecule has 2 aromatic carbocycles. The molecule has 0 bridgehead atoms. The number of amides is 1. The number of aryl methyl sites for hydroxylation is 2. The summed E-state index contributed by atoms with van der Waals surface area (Å²) in [6.07, 6.45) is 1.56. The van der Waals surface area contributed by atoms with E-state index in [4.69, 9.17) is 4.74 Å². The molecule has 0 saturated heterocycles. The van der Waals surface area contributed by atoms with Crippen LogP contribution < -0.4 is 15.4 Å². The predicted octanol–water partition coefficient (Wildman–Crippen LogP) is 4.49. The van der Waals surface area contributed by atoms with Gasteiger partial charge in [0.2, 0.25) is 5.95 Å². The van der Waals surface area contributed by atoms with Gasteiger partial charge in [-0.2, -0.15) is 0 Å². The standard InChI is InChI=1S/C21H22N4O2/c1-4-27-17-9-7-16(8-10-17)23-20(26)18-11-12-22-21(24-18)25-19-13-14(2)5-6-15(19)3/h5-13H,4H2,1-3H3,(H,23,26)(H,22,24,25). The molecule has 27 heavy (non-hydrogen) atoms. The van der Waals surface area contributed by atoms with Crippen LogP contribution in [0.25, 0.3) is 0 Å². The first-order chi connectivity index (χ1) is 13.0. The van der Waals surface area contributed by atoms with Gasteiger partial charge in [-0.25, -0.2) is 9.97 Å². The third-order valence-electron chi connectivity index (χ3n) is 3.95. The minimum Gasteiger partial charge on any atom is -0.494 e. The van der Waals surface area contributed by atoms with Crippen LogP contribution in [-0.4, -0.2) is 22.5 Å². The zero-order valence-corrected chi connectivity index (χ0v) is 15.6. The number of nitrogens with one attached hydrogen (secondary N) is 2. The van der Waals surface area contributed by atoms with Crippen LogP contribution in [-0.2, 0) is 0 Å². The number of rotatable bonds is 6. The maximum atomic E-state index is 12.5. The molecule has 0 saturated carbocycles. The molecule has 1 amide bonds. The molecule has 3 aromatic rings. The third kappa shape index (κ3) is 4.82. The Labute approximate surface area is 158 Å². The van der Waals surface area contributed by atoms with E-state index in [-0.39, 0.29) is 11.6 Å². The Morgan fingerprint density at radius 1 is 1.07 bits per heavy atom. The monoisotopic (exact) mass is 362 g/mol. The fourth-order valence-corrected chi connectivity index (χ4v) is 2.53. The Morgan fingerprint density at radius 2 is 1.85 bits per heavy atom. The summed E-state index contributed by atoms with van der Waals surface area (Å²) in [7, 11) is 0. The summed E-state index contributed by atoms with van der Waals surface area (Å²) in [6, 6.07) is 14.9. The van der Waals surface area contributed by atoms with Crippen molar-refractivity contribution < 1.29 is 9.53 Å². The Kier molecular flexibility index (Phi) is 5.66. The fourth-order valence-electron chi connectivity index (χ4n) is 2.53. The van der Waals surface area contributed by atoms with E-state index < -0.39 is 0 Å². The van der Waals surface area contributed by atoms with Crippen LogP contribution in [0.5, 0.6) is 5.75 Å². The van der Waals surface area contributed by atoms with Gasteiger partial charge in [0, 0.05) is 17.6 Å². The van der Waals surface area contributed by atoms with E-state index in [1.54, 1.807) is 24.4 Å². The first kappa shape index (κ1) is 18.4. The van der Waals surface area contributed by atoms with E-state index in [0.717, 1.165) is 22.6 Å². The Morgan fingerprint density at radius 3 is 2.59 bits per heavy atom. The highest BCUT2D eigenvalue weighted by Crippen LogP contribution is 2.20. The summed E-state index contributed by atoms with van der Waals surface area (Å²) in [5.41, 5.74) is 4.08. The number of ether oxygens (including phenoxy) is 1. The number of carbonyl (C=O) groups excluding carboxylic acids is 1. The van der Waals surface area contributed by atoms with Gasteiger partial charge >= 0.3 is 0 Å². The van der Waals surface area contributed by atoms with E-state index in [9.17, 15) is 4.79 Å². The summed E-state index contributed by atoms with van der Waals surface area (Å²) in [5.74, 6) is 0.839. The second-order valence-corrected chi connectivity index (χ2v) is 6.12. The molecule has 2 N–H and O–H groups in total. The van der Waals surface area contributed by atoms with Crippen LogP contribution in [0, 0.1) is 13.8 Å². The molecule has 0 aliphatic carbocycles. The average Bonchev–Trinajstić information content (AvgIpc) is 2.67. The largest absolute Gasteiger partial charge is 0.494 e. The van der Waals surface area contributed by atoms with Crippen molar-refractivity contribution in [2.75, 3.05) is 17.2 Å². The van der Waals surface area contributed by atoms with Crippen LogP contribution in [0.1, 0.15) is 28.5 Å². The smallest absolute Gasteiger partial charge is 0.274 e. The number of benzene rings is 2. The van der Waals surface area contributed by atoms with Crippen LogP contribution in [0.3, 0.4) is 0 Å². The molecule has 1 heterocycles. The predicted molar refractivity (Wildman–Crippen MR) is 107 cm³/mol. The maximum absolute atomic E-state index is 12.5. The topological polar surface area (TPSA) is 76.1 Å². The molecule has 6 nitrogen and oxygen atoms in total. The molecule has 0 atom stereocenters. The van der Waals surface area contributed by atoms with E-state index >= 15 is 0 Å². The SMILES string of the molecule is CCOc1ccc(NC(=O)c2ccnc(Nc3cc(C)ccc3C)n2)cc1. The number of hydrogen-bond acceptors (Lipinski definition) is 5. The van der Waals surface area contributed by atoms with Gasteiger partial charge in [-0.05, 0) is 68.3 Å². The molecule has 0 radical (unpaired) electrons. The van der Waals surface area contributed by atoms with Crippen molar-refractivity contribution >= 4 is 23.2 Å². The van der Waals surface area contributed by atoms with Gasteiger partial charge in [-0.3, -0.25) is 4.79 Å². The molecular formula is C21H22N4O2. The number of anilines is 3. The number of carbonyl (C=O) groups is 1. The quantitative estimate of drug-likeness (QED) is 0.676. The van der Waals surface area contributed by atoms with Crippen LogP contribution in [0.2, 0.25) is 0 Å². The van der Waals surface area contributed by atoms with Crippen molar-refractivity contribution in [2.24, 2.45) is 0 Å². The van der Waals surface area contributed by atoms with Gasteiger partial charge < -0.3 is 15.4 Å². The van der Waals surface area contributed by atoms with Gasteiger partial charge in [0.15, 0.2) is 0 Å². The maximum Gasteiger partial charge on any atom is 0.274 e. The first-order valence-electron chi connectivity index (χ1n) is 8.76. The first-order valence-corrected chi connectivity index (χ1v) is 8.76. The second kappa shape index (κ2) is 8.31. The minimum atomic E-state index is -0.300. The summed E-state index contributed by atoms with van der Waals surface area (Å²) in [4.78, 5) is 21.0. The van der Waals surface area contributed by atoms with Crippen LogP contribution in [0.15, 0.2) is 54.7 Å². The van der Waals surface area contributed by atoms with Crippen molar-refractivity contribution in [3.63, 3.8) is 0 Å². The Balaban J connectivity index is 1.72. The molecule has 0 unspecified atom stereocenters. The molecule has 3 rings (SSSR count). The molecule has 0 spiro atoms. The number of hydrogen-bond donors (Lipinski definition) is 2. The van der Waals surface area contributed by atoms with Gasteiger partial charge in [0.25, 0.3) is 5.91 Å². The third-order valence-corrected chi connectivity index (χ3v) is 3.95. The highest BCUT2D eigenvalue weighted by molar-refractivity contribution is 6.03. The minimum absolute atomic E-state index is 0.284. The van der Waals surface area contributed by atoms with E-state index in [1.165, 1.54) is 0 Å². The molecule has 1 aromatic heterocycles. The normalized spacial score (nSPS) is 10.3. The lowest BCUT2D eigenvalue weighted by Crippen LogP contribution is -2.14. The summed E-state index contributed by atoms with van der Waals surface area (Å²) in [5, 5.41) is 6.00. The highest BCUT2D eigenvalue weighted by Gasteiger charge is 2.10. The van der Waals surface area contributed by atoms with Gasteiger partial charge in [-0.15, -0.1) is 0 Å². The molecule has 6 heteroatoms. The zero-order chi connectivity index (χ0) is 19.2. The van der Waals surface area contributed by atoms with Gasteiger partial charge in [0.1, 0.15) is 11.4 Å². The van der Waals surface area contributed by atoms with Crippen LogP contribution in [0.4, 0.5) is 17.3 Å². The highest BCUT2D eigenvalue weighted by atomic mass is 16.5.